The standard InChI is InChI=1S/C12H14Cl2O3/c1-7(11(15)17-3)12(2,16)9-6-8(13)4-5-10(9)14/h4-7,16H,1-3H3. The number of carbonyl (C=O) groups excluding carboxylic acids is 1. The number of hydrogen-bond acceptors (Lipinski definition) is 3. The Morgan fingerprint density at radius 2 is 2.06 bits per heavy atom. The fraction of sp³-hybridized carbons (Fsp3) is 0.417. The van der Waals surface area contributed by atoms with E-state index in [4.69, 9.17) is 23.2 Å². The molecule has 0 fully saturated rings. The first-order valence-electron chi connectivity index (χ1n) is 5.06. The highest BCUT2D eigenvalue weighted by atomic mass is 35.5. The molecule has 0 aliphatic carbocycles. The molecule has 2 unspecified atom stereocenters. The van der Waals surface area contributed by atoms with Crippen molar-refractivity contribution in [2.45, 2.75) is 19.4 Å². The van der Waals surface area contributed by atoms with Crippen LogP contribution in [0, 0.1) is 5.92 Å². The van der Waals surface area contributed by atoms with E-state index in [9.17, 15) is 9.90 Å². The van der Waals surface area contributed by atoms with Crippen molar-refractivity contribution in [3.05, 3.63) is 33.8 Å². The second kappa shape index (κ2) is 5.25. The maximum atomic E-state index is 11.5. The lowest BCUT2D eigenvalue weighted by Gasteiger charge is -2.29. The molecule has 1 rings (SSSR count). The van der Waals surface area contributed by atoms with Gasteiger partial charge in [0.05, 0.1) is 13.0 Å². The van der Waals surface area contributed by atoms with Gasteiger partial charge in [0, 0.05) is 15.6 Å². The maximum absolute atomic E-state index is 11.5. The second-order valence-corrected chi connectivity index (χ2v) is 4.86. The largest absolute Gasteiger partial charge is 0.469 e. The first-order chi connectivity index (χ1) is 7.80. The number of ether oxygens (including phenoxy) is 1. The minimum atomic E-state index is -1.44. The van der Waals surface area contributed by atoms with Gasteiger partial charge in [-0.2, -0.15) is 0 Å². The molecule has 0 aromatic heterocycles. The summed E-state index contributed by atoms with van der Waals surface area (Å²) in [6, 6.07) is 4.74. The van der Waals surface area contributed by atoms with Gasteiger partial charge >= 0.3 is 5.97 Å². The van der Waals surface area contributed by atoms with Crippen LogP contribution < -0.4 is 0 Å². The number of hydrogen-bond donors (Lipinski definition) is 1. The van der Waals surface area contributed by atoms with E-state index < -0.39 is 17.5 Å². The SMILES string of the molecule is COC(=O)C(C)C(C)(O)c1cc(Cl)ccc1Cl. The molecule has 0 amide bonds. The predicted molar refractivity (Wildman–Crippen MR) is 67.2 cm³/mol. The summed E-state index contributed by atoms with van der Waals surface area (Å²) in [5.74, 6) is -1.26. The monoisotopic (exact) mass is 276 g/mol. The van der Waals surface area contributed by atoms with E-state index >= 15 is 0 Å². The zero-order chi connectivity index (χ0) is 13.2. The van der Waals surface area contributed by atoms with Crippen LogP contribution in [0.2, 0.25) is 10.0 Å². The zero-order valence-electron chi connectivity index (χ0n) is 9.83. The van der Waals surface area contributed by atoms with E-state index in [0.29, 0.717) is 15.6 Å². The molecule has 1 aromatic carbocycles. The summed E-state index contributed by atoms with van der Waals surface area (Å²) in [4.78, 5) is 11.5. The third-order valence-corrected chi connectivity index (χ3v) is 3.44. The van der Waals surface area contributed by atoms with Crippen LogP contribution in [0.5, 0.6) is 0 Å². The summed E-state index contributed by atoms with van der Waals surface area (Å²) in [6.45, 7) is 3.08. The van der Waals surface area contributed by atoms with Crippen molar-refractivity contribution in [2.24, 2.45) is 5.92 Å². The molecule has 94 valence electrons. The Hall–Kier alpha value is -0.770. The second-order valence-electron chi connectivity index (χ2n) is 4.02. The van der Waals surface area contributed by atoms with Gasteiger partial charge in [0.1, 0.15) is 5.60 Å². The van der Waals surface area contributed by atoms with Crippen molar-refractivity contribution in [1.29, 1.82) is 0 Å². The lowest BCUT2D eigenvalue weighted by atomic mass is 9.84. The molecule has 2 atom stereocenters. The Kier molecular flexibility index (Phi) is 4.42. The van der Waals surface area contributed by atoms with Gasteiger partial charge in [-0.3, -0.25) is 4.79 Å². The maximum Gasteiger partial charge on any atom is 0.311 e. The van der Waals surface area contributed by atoms with Gasteiger partial charge in [-0.1, -0.05) is 23.2 Å². The van der Waals surface area contributed by atoms with E-state index in [1.54, 1.807) is 25.1 Å². The number of aliphatic hydroxyl groups is 1. The average molecular weight is 277 g/mol. The summed E-state index contributed by atoms with van der Waals surface area (Å²) in [5, 5.41) is 11.2. The van der Waals surface area contributed by atoms with Crippen molar-refractivity contribution >= 4 is 29.2 Å². The summed E-state index contributed by atoms with van der Waals surface area (Å²) in [5.41, 5.74) is -1.03. The van der Waals surface area contributed by atoms with Crippen LogP contribution in [0.4, 0.5) is 0 Å². The highest BCUT2D eigenvalue weighted by molar-refractivity contribution is 6.33. The summed E-state index contributed by atoms with van der Waals surface area (Å²) in [6.07, 6.45) is 0. The van der Waals surface area contributed by atoms with Crippen molar-refractivity contribution in [3.8, 4) is 0 Å². The van der Waals surface area contributed by atoms with Crippen molar-refractivity contribution in [2.75, 3.05) is 7.11 Å². The van der Waals surface area contributed by atoms with Crippen molar-refractivity contribution in [3.63, 3.8) is 0 Å². The average Bonchev–Trinajstić information content (AvgIpc) is 2.30. The Morgan fingerprint density at radius 3 is 2.59 bits per heavy atom. The molecule has 0 bridgehead atoms. The third-order valence-electron chi connectivity index (χ3n) is 2.87. The van der Waals surface area contributed by atoms with E-state index in [2.05, 4.69) is 4.74 Å². The normalized spacial score (nSPS) is 16.1. The van der Waals surface area contributed by atoms with Crippen LogP contribution in [-0.4, -0.2) is 18.2 Å². The number of carbonyl (C=O) groups is 1. The van der Waals surface area contributed by atoms with Crippen LogP contribution in [0.3, 0.4) is 0 Å². The number of esters is 1. The molecule has 0 aliphatic rings. The number of rotatable bonds is 3. The fourth-order valence-electron chi connectivity index (χ4n) is 1.52. The molecule has 1 aromatic rings. The molecular formula is C12H14Cl2O3. The van der Waals surface area contributed by atoms with Gasteiger partial charge < -0.3 is 9.84 Å². The molecule has 0 radical (unpaired) electrons. The molecule has 0 saturated carbocycles. The lowest BCUT2D eigenvalue weighted by Crippen LogP contribution is -2.36. The van der Waals surface area contributed by atoms with Crippen LogP contribution in [0.15, 0.2) is 18.2 Å². The summed E-state index contributed by atoms with van der Waals surface area (Å²) < 4.78 is 4.61. The molecular weight excluding hydrogens is 263 g/mol. The lowest BCUT2D eigenvalue weighted by molar-refractivity contribution is -0.154. The van der Waals surface area contributed by atoms with Gasteiger partial charge in [-0.25, -0.2) is 0 Å². The van der Waals surface area contributed by atoms with Gasteiger partial charge in [-0.15, -0.1) is 0 Å². The Labute approximate surface area is 110 Å². The van der Waals surface area contributed by atoms with E-state index in [0.717, 1.165) is 0 Å². The molecule has 3 nitrogen and oxygen atoms in total. The minimum Gasteiger partial charge on any atom is -0.469 e. The predicted octanol–water partition coefficient (Wildman–Crippen LogP) is 3.01. The Morgan fingerprint density at radius 1 is 1.47 bits per heavy atom. The molecule has 0 spiro atoms. The highest BCUT2D eigenvalue weighted by Gasteiger charge is 2.37. The highest BCUT2D eigenvalue weighted by Crippen LogP contribution is 2.36. The third kappa shape index (κ3) is 2.92. The molecule has 0 heterocycles. The van der Waals surface area contributed by atoms with Gasteiger partial charge in [0.15, 0.2) is 0 Å². The first-order valence-corrected chi connectivity index (χ1v) is 5.82. The smallest absolute Gasteiger partial charge is 0.311 e. The summed E-state index contributed by atoms with van der Waals surface area (Å²) in [7, 11) is 1.27. The van der Waals surface area contributed by atoms with E-state index in [-0.39, 0.29) is 0 Å². The first kappa shape index (κ1) is 14.3. The van der Waals surface area contributed by atoms with E-state index in [1.165, 1.54) is 14.0 Å². The summed E-state index contributed by atoms with van der Waals surface area (Å²) >= 11 is 11.9. The van der Waals surface area contributed by atoms with Crippen LogP contribution in [0.1, 0.15) is 19.4 Å². The number of halogens is 2. The van der Waals surface area contributed by atoms with Crippen molar-refractivity contribution in [1.82, 2.24) is 0 Å². The Bertz CT molecular complexity index is 430. The number of benzene rings is 1. The topological polar surface area (TPSA) is 46.5 Å². The molecule has 1 N–H and O–H groups in total. The Balaban J connectivity index is 3.20. The molecule has 0 aliphatic heterocycles. The van der Waals surface area contributed by atoms with Crippen LogP contribution >= 0.6 is 23.2 Å². The van der Waals surface area contributed by atoms with Crippen molar-refractivity contribution < 1.29 is 14.6 Å². The van der Waals surface area contributed by atoms with Gasteiger partial charge in [0.25, 0.3) is 0 Å². The quantitative estimate of drug-likeness (QED) is 0.864. The molecule has 0 saturated heterocycles. The minimum absolute atomic E-state index is 0.357. The van der Waals surface area contributed by atoms with Gasteiger partial charge in [0.2, 0.25) is 0 Å². The zero-order valence-corrected chi connectivity index (χ0v) is 11.3. The van der Waals surface area contributed by atoms with Crippen LogP contribution in [-0.2, 0) is 15.1 Å². The fourth-order valence-corrected chi connectivity index (χ4v) is 2.01. The van der Waals surface area contributed by atoms with E-state index in [1.807, 2.05) is 0 Å². The molecule has 17 heavy (non-hydrogen) atoms. The van der Waals surface area contributed by atoms with Gasteiger partial charge in [-0.05, 0) is 32.0 Å². The van der Waals surface area contributed by atoms with Crippen LogP contribution in [0.25, 0.3) is 0 Å². The number of methoxy groups -OCH3 is 1. The molecule has 5 heteroatoms.